The van der Waals surface area contributed by atoms with Crippen molar-refractivity contribution in [2.45, 2.75) is 26.2 Å². The third kappa shape index (κ3) is 2.29. The molecule has 1 heterocycles. The van der Waals surface area contributed by atoms with E-state index in [9.17, 15) is 12.8 Å². The maximum absolute atomic E-state index is 13.8. The highest BCUT2D eigenvalue weighted by Crippen LogP contribution is 2.32. The minimum atomic E-state index is -3.38. The summed E-state index contributed by atoms with van der Waals surface area (Å²) in [4.78, 5) is 0. The molecule has 0 aromatic heterocycles. The maximum Gasteiger partial charge on any atom is 0.235 e. The highest BCUT2D eigenvalue weighted by molar-refractivity contribution is 7.92. The van der Waals surface area contributed by atoms with Gasteiger partial charge in [0, 0.05) is 6.54 Å². The van der Waals surface area contributed by atoms with E-state index in [0.717, 1.165) is 18.4 Å². The number of rotatable bonds is 3. The van der Waals surface area contributed by atoms with Gasteiger partial charge in [-0.15, -0.1) is 0 Å². The molecule has 3 nitrogen and oxygen atoms in total. The Balaban J connectivity index is 2.48. The van der Waals surface area contributed by atoms with Gasteiger partial charge in [0.05, 0.1) is 11.4 Å². The smallest absolute Gasteiger partial charge is 0.235 e. The number of halogens is 1. The quantitative estimate of drug-likeness (QED) is 0.833. The van der Waals surface area contributed by atoms with Crippen molar-refractivity contribution in [2.75, 3.05) is 16.6 Å². The number of anilines is 1. The van der Waals surface area contributed by atoms with Crippen LogP contribution in [0.15, 0.2) is 18.2 Å². The van der Waals surface area contributed by atoms with Gasteiger partial charge in [-0.2, -0.15) is 0 Å². The number of fused-ring (bicyclic) bond motifs is 1. The number of benzene rings is 1. The molecule has 0 spiro atoms. The molecule has 2 rings (SSSR count). The van der Waals surface area contributed by atoms with Crippen molar-refractivity contribution in [1.82, 2.24) is 0 Å². The van der Waals surface area contributed by atoms with Crippen LogP contribution < -0.4 is 4.31 Å². The SMILES string of the molecule is CCCS(=O)(=O)N1CCCc2cccc(F)c21. The second kappa shape index (κ2) is 4.64. The van der Waals surface area contributed by atoms with Crippen molar-refractivity contribution in [3.05, 3.63) is 29.6 Å². The number of aryl methyl sites for hydroxylation is 1. The van der Waals surface area contributed by atoms with Crippen LogP contribution in [0.4, 0.5) is 10.1 Å². The number of sulfonamides is 1. The monoisotopic (exact) mass is 257 g/mol. The highest BCUT2D eigenvalue weighted by atomic mass is 32.2. The lowest BCUT2D eigenvalue weighted by Gasteiger charge is -2.30. The van der Waals surface area contributed by atoms with E-state index in [1.54, 1.807) is 12.1 Å². The molecule has 0 amide bonds. The van der Waals surface area contributed by atoms with E-state index in [1.807, 2.05) is 6.92 Å². The Kier molecular flexibility index (Phi) is 3.38. The van der Waals surface area contributed by atoms with E-state index < -0.39 is 15.8 Å². The van der Waals surface area contributed by atoms with Gasteiger partial charge in [-0.25, -0.2) is 12.8 Å². The molecule has 0 saturated heterocycles. The Labute approximate surface area is 101 Å². The van der Waals surface area contributed by atoms with Crippen LogP contribution in [0.5, 0.6) is 0 Å². The molecule has 0 radical (unpaired) electrons. The standard InChI is InChI=1S/C12H16FNO2S/c1-2-9-17(15,16)14-8-4-6-10-5-3-7-11(13)12(10)14/h3,5,7H,2,4,6,8-9H2,1H3. The largest absolute Gasteiger partial charge is 0.267 e. The second-order valence-corrected chi connectivity index (χ2v) is 6.25. The fourth-order valence-corrected chi connectivity index (χ4v) is 3.84. The molecule has 0 fully saturated rings. The predicted molar refractivity (Wildman–Crippen MR) is 66.1 cm³/mol. The predicted octanol–water partition coefficient (Wildman–Crippen LogP) is 2.32. The van der Waals surface area contributed by atoms with Crippen molar-refractivity contribution < 1.29 is 12.8 Å². The van der Waals surface area contributed by atoms with E-state index in [4.69, 9.17) is 0 Å². The van der Waals surface area contributed by atoms with Crippen molar-refractivity contribution in [3.8, 4) is 0 Å². The molecular weight excluding hydrogens is 241 g/mol. The lowest BCUT2D eigenvalue weighted by molar-refractivity contribution is 0.576. The Bertz CT molecular complexity index is 513. The van der Waals surface area contributed by atoms with Crippen LogP contribution in [-0.2, 0) is 16.4 Å². The van der Waals surface area contributed by atoms with Gasteiger partial charge in [0.2, 0.25) is 10.0 Å². The Hall–Kier alpha value is -1.10. The van der Waals surface area contributed by atoms with Crippen molar-refractivity contribution >= 4 is 15.7 Å². The van der Waals surface area contributed by atoms with Crippen LogP contribution in [0.3, 0.4) is 0 Å². The molecule has 1 aromatic rings. The van der Waals surface area contributed by atoms with Crippen LogP contribution in [0, 0.1) is 5.82 Å². The third-order valence-electron chi connectivity index (χ3n) is 2.92. The average molecular weight is 257 g/mol. The van der Waals surface area contributed by atoms with Gasteiger partial charge in [-0.3, -0.25) is 4.31 Å². The van der Waals surface area contributed by atoms with Gasteiger partial charge in [0.15, 0.2) is 0 Å². The van der Waals surface area contributed by atoms with Gasteiger partial charge in [0.1, 0.15) is 5.82 Å². The number of para-hydroxylation sites is 1. The van der Waals surface area contributed by atoms with E-state index in [2.05, 4.69) is 0 Å². The average Bonchev–Trinajstić information content (AvgIpc) is 2.28. The van der Waals surface area contributed by atoms with Gasteiger partial charge in [-0.1, -0.05) is 19.1 Å². The summed E-state index contributed by atoms with van der Waals surface area (Å²) in [7, 11) is -3.38. The van der Waals surface area contributed by atoms with Crippen LogP contribution in [0.1, 0.15) is 25.3 Å². The van der Waals surface area contributed by atoms with E-state index >= 15 is 0 Å². The summed E-state index contributed by atoms with van der Waals surface area (Å²) in [5, 5.41) is 0. The van der Waals surface area contributed by atoms with Crippen LogP contribution >= 0.6 is 0 Å². The Morgan fingerprint density at radius 2 is 2.18 bits per heavy atom. The zero-order valence-corrected chi connectivity index (χ0v) is 10.6. The Morgan fingerprint density at radius 1 is 1.41 bits per heavy atom. The first-order valence-electron chi connectivity index (χ1n) is 5.84. The molecule has 0 aliphatic carbocycles. The summed E-state index contributed by atoms with van der Waals surface area (Å²) in [6, 6.07) is 4.74. The van der Waals surface area contributed by atoms with E-state index in [0.29, 0.717) is 13.0 Å². The summed E-state index contributed by atoms with van der Waals surface area (Å²) in [6.45, 7) is 2.19. The zero-order valence-electron chi connectivity index (χ0n) is 9.82. The summed E-state index contributed by atoms with van der Waals surface area (Å²) in [5.74, 6) is -0.372. The van der Waals surface area contributed by atoms with Gasteiger partial charge < -0.3 is 0 Å². The maximum atomic E-state index is 13.8. The highest BCUT2D eigenvalue weighted by Gasteiger charge is 2.28. The summed E-state index contributed by atoms with van der Waals surface area (Å²) >= 11 is 0. The van der Waals surface area contributed by atoms with Crippen LogP contribution in [0.25, 0.3) is 0 Å². The van der Waals surface area contributed by atoms with Crippen molar-refractivity contribution in [2.24, 2.45) is 0 Å². The zero-order chi connectivity index (χ0) is 12.5. The topological polar surface area (TPSA) is 37.4 Å². The molecule has 0 bridgehead atoms. The molecule has 5 heteroatoms. The normalized spacial score (nSPS) is 15.8. The first-order chi connectivity index (χ1) is 8.06. The molecular formula is C12H16FNO2S. The third-order valence-corrected chi connectivity index (χ3v) is 4.89. The van der Waals surface area contributed by atoms with E-state index in [1.165, 1.54) is 10.4 Å². The second-order valence-electron chi connectivity index (χ2n) is 4.24. The minimum Gasteiger partial charge on any atom is -0.267 e. The minimum absolute atomic E-state index is 0.0702. The van der Waals surface area contributed by atoms with Crippen molar-refractivity contribution in [1.29, 1.82) is 0 Å². The molecule has 1 aliphatic heterocycles. The fourth-order valence-electron chi connectivity index (χ4n) is 2.21. The van der Waals surface area contributed by atoms with Gasteiger partial charge >= 0.3 is 0 Å². The van der Waals surface area contributed by atoms with Gasteiger partial charge in [-0.05, 0) is 30.9 Å². The molecule has 17 heavy (non-hydrogen) atoms. The van der Waals surface area contributed by atoms with E-state index in [-0.39, 0.29) is 11.4 Å². The Morgan fingerprint density at radius 3 is 2.88 bits per heavy atom. The lowest BCUT2D eigenvalue weighted by Crippen LogP contribution is -2.37. The molecule has 1 aromatic carbocycles. The molecule has 0 N–H and O–H groups in total. The molecule has 0 atom stereocenters. The lowest BCUT2D eigenvalue weighted by atomic mass is 10.0. The van der Waals surface area contributed by atoms with Gasteiger partial charge in [0.25, 0.3) is 0 Å². The summed E-state index contributed by atoms with van der Waals surface area (Å²) < 4.78 is 39.1. The number of hydrogen-bond donors (Lipinski definition) is 0. The summed E-state index contributed by atoms with van der Waals surface area (Å²) in [6.07, 6.45) is 2.03. The van der Waals surface area contributed by atoms with Crippen molar-refractivity contribution in [3.63, 3.8) is 0 Å². The first kappa shape index (κ1) is 12.4. The summed E-state index contributed by atoms with van der Waals surface area (Å²) in [5.41, 5.74) is 1.04. The molecule has 0 saturated carbocycles. The van der Waals surface area contributed by atoms with Crippen LogP contribution in [-0.4, -0.2) is 20.7 Å². The van der Waals surface area contributed by atoms with Crippen LogP contribution in [0.2, 0.25) is 0 Å². The first-order valence-corrected chi connectivity index (χ1v) is 7.45. The number of nitrogens with zero attached hydrogens (tertiary/aromatic N) is 1. The molecule has 0 unspecified atom stereocenters. The molecule has 1 aliphatic rings. The number of hydrogen-bond acceptors (Lipinski definition) is 2. The fraction of sp³-hybridized carbons (Fsp3) is 0.500. The molecule has 94 valence electrons.